The first-order valence-corrected chi connectivity index (χ1v) is 7.55. The molecule has 1 saturated heterocycles. The summed E-state index contributed by atoms with van der Waals surface area (Å²) in [5.74, 6) is -0.260. The van der Waals surface area contributed by atoms with Gasteiger partial charge in [0.15, 0.2) is 0 Å². The Bertz CT molecular complexity index is 701. The number of piperazine rings is 1. The fourth-order valence-electron chi connectivity index (χ4n) is 2.74. The molecule has 1 aromatic carbocycles. The first-order chi connectivity index (χ1) is 11.4. The molecule has 7 heteroatoms. The van der Waals surface area contributed by atoms with Gasteiger partial charge in [-0.1, -0.05) is 0 Å². The van der Waals surface area contributed by atoms with E-state index in [-0.39, 0.29) is 17.5 Å². The van der Waals surface area contributed by atoms with Crippen LogP contribution in [0.4, 0.5) is 13.2 Å². The molecule has 0 aliphatic carbocycles. The highest BCUT2D eigenvalue weighted by atomic mass is 19.4. The Labute approximate surface area is 137 Å². The van der Waals surface area contributed by atoms with Crippen LogP contribution < -0.4 is 5.32 Å². The summed E-state index contributed by atoms with van der Waals surface area (Å²) in [7, 11) is 0. The van der Waals surface area contributed by atoms with Gasteiger partial charge in [0, 0.05) is 37.6 Å². The molecule has 1 fully saturated rings. The van der Waals surface area contributed by atoms with Gasteiger partial charge in [0.1, 0.15) is 0 Å². The SMILES string of the molecule is O=C(c1ccc(C(F)(F)F)cc1)N1CCNC(c2ccncc2)C1. The fourth-order valence-corrected chi connectivity index (χ4v) is 2.74. The number of alkyl halides is 3. The molecule has 3 rings (SSSR count). The summed E-state index contributed by atoms with van der Waals surface area (Å²) in [6.07, 6.45) is -1.02. The first kappa shape index (κ1) is 16.4. The molecule has 1 aliphatic heterocycles. The Morgan fingerprint density at radius 1 is 1.12 bits per heavy atom. The maximum absolute atomic E-state index is 12.6. The molecular weight excluding hydrogens is 319 g/mol. The summed E-state index contributed by atoms with van der Waals surface area (Å²) in [4.78, 5) is 18.2. The van der Waals surface area contributed by atoms with Crippen LogP contribution in [-0.2, 0) is 6.18 Å². The largest absolute Gasteiger partial charge is 0.416 e. The summed E-state index contributed by atoms with van der Waals surface area (Å²) in [6, 6.07) is 8.09. The summed E-state index contributed by atoms with van der Waals surface area (Å²) in [5.41, 5.74) is 0.530. The van der Waals surface area contributed by atoms with Gasteiger partial charge in [-0.25, -0.2) is 0 Å². The van der Waals surface area contributed by atoms with Crippen LogP contribution in [0, 0.1) is 0 Å². The van der Waals surface area contributed by atoms with Gasteiger partial charge in [-0.3, -0.25) is 9.78 Å². The molecule has 2 heterocycles. The summed E-state index contributed by atoms with van der Waals surface area (Å²) < 4.78 is 37.8. The summed E-state index contributed by atoms with van der Waals surface area (Å²) in [5, 5.41) is 3.33. The van der Waals surface area contributed by atoms with Gasteiger partial charge >= 0.3 is 6.18 Å². The van der Waals surface area contributed by atoms with Gasteiger partial charge in [-0.15, -0.1) is 0 Å². The predicted molar refractivity (Wildman–Crippen MR) is 82.3 cm³/mol. The molecule has 1 aromatic heterocycles. The van der Waals surface area contributed by atoms with Crippen LogP contribution in [0.1, 0.15) is 27.5 Å². The van der Waals surface area contributed by atoms with Crippen molar-refractivity contribution >= 4 is 5.91 Å². The third-order valence-electron chi connectivity index (χ3n) is 4.03. The number of hydrogen-bond acceptors (Lipinski definition) is 3. The maximum Gasteiger partial charge on any atom is 0.416 e. The number of carbonyl (C=O) groups is 1. The normalized spacial score (nSPS) is 18.5. The second kappa shape index (κ2) is 6.60. The van der Waals surface area contributed by atoms with E-state index in [0.29, 0.717) is 19.6 Å². The van der Waals surface area contributed by atoms with Crippen LogP contribution in [0.25, 0.3) is 0 Å². The topological polar surface area (TPSA) is 45.2 Å². The van der Waals surface area contributed by atoms with Crippen LogP contribution in [0.2, 0.25) is 0 Å². The Balaban J connectivity index is 1.73. The molecule has 1 amide bonds. The van der Waals surface area contributed by atoms with Crippen molar-refractivity contribution in [2.24, 2.45) is 0 Å². The lowest BCUT2D eigenvalue weighted by molar-refractivity contribution is -0.137. The molecule has 0 radical (unpaired) electrons. The molecule has 0 spiro atoms. The van der Waals surface area contributed by atoms with Crippen LogP contribution in [0.5, 0.6) is 0 Å². The van der Waals surface area contributed by atoms with Gasteiger partial charge in [0.05, 0.1) is 11.6 Å². The Kier molecular flexibility index (Phi) is 4.53. The van der Waals surface area contributed by atoms with Crippen molar-refractivity contribution < 1.29 is 18.0 Å². The number of carbonyl (C=O) groups excluding carboxylic acids is 1. The zero-order chi connectivity index (χ0) is 17.2. The molecule has 1 atom stereocenters. The van der Waals surface area contributed by atoms with E-state index in [1.165, 1.54) is 12.1 Å². The lowest BCUT2D eigenvalue weighted by Gasteiger charge is -2.34. The number of pyridine rings is 1. The van der Waals surface area contributed by atoms with E-state index < -0.39 is 11.7 Å². The second-order valence-electron chi connectivity index (χ2n) is 5.61. The van der Waals surface area contributed by atoms with Crippen LogP contribution in [-0.4, -0.2) is 35.4 Å². The minimum atomic E-state index is -4.40. The number of halogens is 3. The second-order valence-corrected chi connectivity index (χ2v) is 5.61. The molecule has 24 heavy (non-hydrogen) atoms. The number of rotatable bonds is 2. The van der Waals surface area contributed by atoms with Gasteiger partial charge in [-0.05, 0) is 42.0 Å². The maximum atomic E-state index is 12.6. The Hall–Kier alpha value is -2.41. The standard InChI is InChI=1S/C17H16F3N3O/c18-17(19,20)14-3-1-13(2-4-14)16(24)23-10-9-22-15(11-23)12-5-7-21-8-6-12/h1-8,15,22H,9-11H2. The monoisotopic (exact) mass is 335 g/mol. The average Bonchev–Trinajstić information content (AvgIpc) is 2.61. The number of aromatic nitrogens is 1. The Morgan fingerprint density at radius 3 is 2.42 bits per heavy atom. The number of hydrogen-bond donors (Lipinski definition) is 1. The van der Waals surface area contributed by atoms with E-state index in [4.69, 9.17) is 0 Å². The van der Waals surface area contributed by atoms with Crippen LogP contribution in [0.15, 0.2) is 48.8 Å². The van der Waals surface area contributed by atoms with Gasteiger partial charge in [0.2, 0.25) is 0 Å². The van der Waals surface area contributed by atoms with Crippen molar-refractivity contribution in [1.29, 1.82) is 0 Å². The lowest BCUT2D eigenvalue weighted by atomic mass is 10.0. The third kappa shape index (κ3) is 3.56. The van der Waals surface area contributed by atoms with Gasteiger partial charge in [-0.2, -0.15) is 13.2 Å². The highest BCUT2D eigenvalue weighted by Gasteiger charge is 2.31. The lowest BCUT2D eigenvalue weighted by Crippen LogP contribution is -2.48. The number of nitrogens with zero attached hydrogens (tertiary/aromatic N) is 2. The molecule has 126 valence electrons. The highest BCUT2D eigenvalue weighted by molar-refractivity contribution is 5.94. The van der Waals surface area contributed by atoms with Gasteiger partial charge in [0.25, 0.3) is 5.91 Å². The molecular formula is C17H16F3N3O. The molecule has 0 bridgehead atoms. The number of amides is 1. The van der Waals surface area contributed by atoms with E-state index in [0.717, 1.165) is 17.7 Å². The zero-order valence-electron chi connectivity index (χ0n) is 12.8. The molecule has 2 aromatic rings. The van der Waals surface area contributed by atoms with E-state index in [2.05, 4.69) is 10.3 Å². The van der Waals surface area contributed by atoms with Gasteiger partial charge < -0.3 is 10.2 Å². The molecule has 1 unspecified atom stereocenters. The minimum absolute atomic E-state index is 0.0138. The molecule has 0 saturated carbocycles. The van der Waals surface area contributed by atoms with E-state index in [1.807, 2.05) is 12.1 Å². The summed E-state index contributed by atoms with van der Waals surface area (Å²) in [6.45, 7) is 1.60. The first-order valence-electron chi connectivity index (χ1n) is 7.55. The molecule has 4 nitrogen and oxygen atoms in total. The van der Waals surface area contributed by atoms with Crippen LogP contribution >= 0.6 is 0 Å². The predicted octanol–water partition coefficient (Wildman–Crippen LogP) is 2.89. The van der Waals surface area contributed by atoms with Crippen molar-refractivity contribution in [2.45, 2.75) is 12.2 Å². The average molecular weight is 335 g/mol. The Morgan fingerprint density at radius 2 is 1.79 bits per heavy atom. The smallest absolute Gasteiger partial charge is 0.335 e. The zero-order valence-corrected chi connectivity index (χ0v) is 12.8. The fraction of sp³-hybridized carbons (Fsp3) is 0.294. The van der Waals surface area contributed by atoms with E-state index >= 15 is 0 Å². The quantitative estimate of drug-likeness (QED) is 0.918. The highest BCUT2D eigenvalue weighted by Crippen LogP contribution is 2.29. The summed E-state index contributed by atoms with van der Waals surface area (Å²) >= 11 is 0. The van der Waals surface area contributed by atoms with Crippen molar-refractivity contribution in [2.75, 3.05) is 19.6 Å². The van der Waals surface area contributed by atoms with E-state index in [1.54, 1.807) is 17.3 Å². The van der Waals surface area contributed by atoms with Crippen molar-refractivity contribution in [3.8, 4) is 0 Å². The van der Waals surface area contributed by atoms with Crippen molar-refractivity contribution in [1.82, 2.24) is 15.2 Å². The third-order valence-corrected chi connectivity index (χ3v) is 4.03. The van der Waals surface area contributed by atoms with Crippen molar-refractivity contribution in [3.05, 3.63) is 65.5 Å². The van der Waals surface area contributed by atoms with Crippen molar-refractivity contribution in [3.63, 3.8) is 0 Å². The number of nitrogens with one attached hydrogen (secondary N) is 1. The minimum Gasteiger partial charge on any atom is -0.335 e. The molecule has 1 N–H and O–H groups in total. The number of benzene rings is 1. The molecule has 1 aliphatic rings. The van der Waals surface area contributed by atoms with Crippen LogP contribution in [0.3, 0.4) is 0 Å². The van der Waals surface area contributed by atoms with E-state index in [9.17, 15) is 18.0 Å².